The van der Waals surface area contributed by atoms with Crippen molar-refractivity contribution < 1.29 is 4.79 Å². The van der Waals surface area contributed by atoms with Gasteiger partial charge in [-0.05, 0) is 52.9 Å². The van der Waals surface area contributed by atoms with Gasteiger partial charge in [-0.3, -0.25) is 4.79 Å². The molecule has 0 heterocycles. The van der Waals surface area contributed by atoms with Crippen molar-refractivity contribution in [1.82, 2.24) is 0 Å². The second-order valence-electron chi connectivity index (χ2n) is 2.58. The zero-order valence-electron chi connectivity index (χ0n) is 7.33. The van der Waals surface area contributed by atoms with Gasteiger partial charge in [0.15, 0.2) is 0 Å². The maximum atomic E-state index is 11.2. The summed E-state index contributed by atoms with van der Waals surface area (Å²) in [7, 11) is 1.73. The van der Waals surface area contributed by atoms with Gasteiger partial charge in [-0.2, -0.15) is 0 Å². The van der Waals surface area contributed by atoms with E-state index < -0.39 is 0 Å². The first-order chi connectivity index (χ1) is 6.15. The summed E-state index contributed by atoms with van der Waals surface area (Å²) in [5, 5.41) is 0. The van der Waals surface area contributed by atoms with Crippen LogP contribution in [0.3, 0.4) is 0 Å². The molecule has 0 saturated heterocycles. The Morgan fingerprint density at radius 2 is 2.00 bits per heavy atom. The molecule has 13 heavy (non-hydrogen) atoms. The van der Waals surface area contributed by atoms with Crippen LogP contribution in [0.4, 0.5) is 5.69 Å². The van der Waals surface area contributed by atoms with Crippen molar-refractivity contribution in [3.8, 4) is 0 Å². The van der Waals surface area contributed by atoms with Crippen LogP contribution in [-0.4, -0.2) is 13.0 Å². The third-order valence-corrected chi connectivity index (χ3v) is 2.44. The molecule has 1 aromatic carbocycles. The molecule has 1 aromatic rings. The van der Waals surface area contributed by atoms with Crippen LogP contribution < -0.4 is 4.90 Å². The van der Waals surface area contributed by atoms with Gasteiger partial charge in [-0.25, -0.2) is 0 Å². The topological polar surface area (TPSA) is 20.3 Å². The molecule has 0 atom stereocenters. The van der Waals surface area contributed by atoms with E-state index in [0.29, 0.717) is 0 Å². The summed E-state index contributed by atoms with van der Waals surface area (Å²) >= 11 is 2.22. The van der Waals surface area contributed by atoms with Crippen molar-refractivity contribution in [2.75, 3.05) is 11.9 Å². The fraction of sp³-hybridized carbons (Fsp3) is 0.100. The highest BCUT2D eigenvalue weighted by Gasteiger charge is 2.05. The Morgan fingerprint density at radius 3 is 2.46 bits per heavy atom. The summed E-state index contributed by atoms with van der Waals surface area (Å²) < 4.78 is 1.15. The molecule has 0 saturated carbocycles. The Hall–Kier alpha value is -0.840. The van der Waals surface area contributed by atoms with Gasteiger partial charge in [0.05, 0.1) is 0 Å². The highest BCUT2D eigenvalue weighted by molar-refractivity contribution is 14.1. The molecular weight excluding hydrogens is 277 g/mol. The van der Waals surface area contributed by atoms with Crippen molar-refractivity contribution in [2.45, 2.75) is 0 Å². The number of carbonyl (C=O) groups is 1. The van der Waals surface area contributed by atoms with Crippen LogP contribution >= 0.6 is 22.6 Å². The van der Waals surface area contributed by atoms with E-state index >= 15 is 0 Å². The number of rotatable bonds is 2. The number of anilines is 1. The molecule has 1 rings (SSSR count). The van der Waals surface area contributed by atoms with Gasteiger partial charge in [0.2, 0.25) is 5.91 Å². The smallest absolute Gasteiger partial charge is 0.250 e. The van der Waals surface area contributed by atoms with Crippen molar-refractivity contribution in [3.63, 3.8) is 0 Å². The lowest BCUT2D eigenvalue weighted by molar-refractivity contribution is -0.113. The van der Waals surface area contributed by atoms with Gasteiger partial charge in [0.25, 0.3) is 0 Å². The highest BCUT2D eigenvalue weighted by atomic mass is 127. The molecule has 3 heteroatoms. The molecule has 0 unspecified atom stereocenters. The molecule has 0 aliphatic heterocycles. The van der Waals surface area contributed by atoms with Crippen LogP contribution in [0.1, 0.15) is 0 Å². The van der Waals surface area contributed by atoms with Crippen LogP contribution in [0, 0.1) is 3.57 Å². The fourth-order valence-corrected chi connectivity index (χ4v) is 1.29. The average molecular weight is 287 g/mol. The molecule has 0 aliphatic rings. The minimum atomic E-state index is -0.0961. The van der Waals surface area contributed by atoms with E-state index in [9.17, 15) is 4.79 Å². The molecule has 0 aliphatic carbocycles. The van der Waals surface area contributed by atoms with Crippen LogP contribution in [0.15, 0.2) is 36.9 Å². The van der Waals surface area contributed by atoms with Crippen LogP contribution in [0.5, 0.6) is 0 Å². The molecule has 0 spiro atoms. The molecule has 0 bridgehead atoms. The van der Waals surface area contributed by atoms with Crippen LogP contribution in [0.2, 0.25) is 0 Å². The van der Waals surface area contributed by atoms with E-state index in [1.807, 2.05) is 24.3 Å². The van der Waals surface area contributed by atoms with Crippen molar-refractivity contribution in [2.24, 2.45) is 0 Å². The fourth-order valence-electron chi connectivity index (χ4n) is 0.929. The summed E-state index contributed by atoms with van der Waals surface area (Å²) in [4.78, 5) is 12.8. The molecule has 68 valence electrons. The number of hydrogen-bond acceptors (Lipinski definition) is 1. The zero-order valence-corrected chi connectivity index (χ0v) is 9.48. The van der Waals surface area contributed by atoms with E-state index in [1.165, 1.54) is 6.08 Å². The number of halogens is 1. The number of hydrogen-bond donors (Lipinski definition) is 0. The minimum Gasteiger partial charge on any atom is -0.312 e. The lowest BCUT2D eigenvalue weighted by Crippen LogP contribution is -2.23. The summed E-state index contributed by atoms with van der Waals surface area (Å²) in [5.41, 5.74) is 0.880. The number of likely N-dealkylation sites (N-methyl/N-ethyl adjacent to an activating group) is 1. The lowest BCUT2D eigenvalue weighted by Gasteiger charge is -2.14. The molecule has 0 N–H and O–H groups in total. The second-order valence-corrected chi connectivity index (χ2v) is 3.82. The first-order valence-electron chi connectivity index (χ1n) is 3.81. The Labute approximate surface area is 91.4 Å². The molecule has 0 aromatic heterocycles. The third kappa shape index (κ3) is 2.55. The predicted octanol–water partition coefficient (Wildman–Crippen LogP) is 2.44. The van der Waals surface area contributed by atoms with E-state index in [-0.39, 0.29) is 5.91 Å². The SMILES string of the molecule is C=CC(=O)N(C)c1ccc(I)cc1. The first-order valence-corrected chi connectivity index (χ1v) is 4.88. The van der Waals surface area contributed by atoms with Gasteiger partial charge in [0, 0.05) is 16.3 Å². The molecule has 2 nitrogen and oxygen atoms in total. The van der Waals surface area contributed by atoms with Gasteiger partial charge >= 0.3 is 0 Å². The monoisotopic (exact) mass is 287 g/mol. The van der Waals surface area contributed by atoms with E-state index in [1.54, 1.807) is 11.9 Å². The normalized spacial score (nSPS) is 9.38. The largest absolute Gasteiger partial charge is 0.312 e. The molecular formula is C10H10INO. The molecule has 1 amide bonds. The average Bonchev–Trinajstić information content (AvgIpc) is 2.17. The van der Waals surface area contributed by atoms with E-state index in [0.717, 1.165) is 9.26 Å². The van der Waals surface area contributed by atoms with Crippen LogP contribution in [0.25, 0.3) is 0 Å². The van der Waals surface area contributed by atoms with Gasteiger partial charge in [0.1, 0.15) is 0 Å². The standard InChI is InChI=1S/C10H10INO/c1-3-10(13)12(2)9-6-4-8(11)5-7-9/h3-7H,1H2,2H3. The number of benzene rings is 1. The summed E-state index contributed by atoms with van der Waals surface area (Å²) in [6.45, 7) is 3.43. The van der Waals surface area contributed by atoms with E-state index in [4.69, 9.17) is 0 Å². The van der Waals surface area contributed by atoms with Gasteiger partial charge in [-0.1, -0.05) is 6.58 Å². The molecule has 0 fully saturated rings. The highest BCUT2D eigenvalue weighted by Crippen LogP contribution is 2.14. The maximum absolute atomic E-state index is 11.2. The van der Waals surface area contributed by atoms with Gasteiger partial charge < -0.3 is 4.90 Å². The third-order valence-electron chi connectivity index (χ3n) is 1.72. The lowest BCUT2D eigenvalue weighted by atomic mass is 10.3. The maximum Gasteiger partial charge on any atom is 0.250 e. The number of carbonyl (C=O) groups excluding carboxylic acids is 1. The summed E-state index contributed by atoms with van der Waals surface area (Å²) in [6, 6.07) is 7.73. The number of nitrogens with zero attached hydrogens (tertiary/aromatic N) is 1. The van der Waals surface area contributed by atoms with Crippen molar-refractivity contribution in [3.05, 3.63) is 40.5 Å². The Balaban J connectivity index is 2.89. The zero-order chi connectivity index (χ0) is 9.84. The molecule has 0 radical (unpaired) electrons. The number of amides is 1. The Kier molecular flexibility index (Phi) is 3.48. The minimum absolute atomic E-state index is 0.0961. The second kappa shape index (κ2) is 4.41. The van der Waals surface area contributed by atoms with E-state index in [2.05, 4.69) is 29.2 Å². The van der Waals surface area contributed by atoms with Gasteiger partial charge in [-0.15, -0.1) is 0 Å². The predicted molar refractivity (Wildman–Crippen MR) is 62.8 cm³/mol. The first kappa shape index (κ1) is 10.2. The van der Waals surface area contributed by atoms with Crippen LogP contribution in [-0.2, 0) is 4.79 Å². The Bertz CT molecular complexity index is 318. The Morgan fingerprint density at radius 1 is 1.46 bits per heavy atom. The van der Waals surface area contributed by atoms with Crippen molar-refractivity contribution in [1.29, 1.82) is 0 Å². The quantitative estimate of drug-likeness (QED) is 0.604. The summed E-state index contributed by atoms with van der Waals surface area (Å²) in [6.07, 6.45) is 1.30. The summed E-state index contributed by atoms with van der Waals surface area (Å²) in [5.74, 6) is -0.0961. The van der Waals surface area contributed by atoms with Crippen molar-refractivity contribution >= 4 is 34.2 Å².